The predicted octanol–water partition coefficient (Wildman–Crippen LogP) is 4.27. The molecule has 0 fully saturated rings. The standard InChI is InChI=1S/C15H22O3S/c1-2-3-4-5-6-7-11-14-19(16,17)18-15-12-9-8-10-13-15/h8-14H,2-7H2,1H3. The van der Waals surface area contributed by atoms with Crippen LogP contribution in [0.15, 0.2) is 41.8 Å². The van der Waals surface area contributed by atoms with Gasteiger partial charge in [-0.05, 0) is 25.0 Å². The lowest BCUT2D eigenvalue weighted by molar-refractivity contribution is 0.496. The molecule has 0 saturated carbocycles. The van der Waals surface area contributed by atoms with Crippen LogP contribution >= 0.6 is 0 Å². The minimum atomic E-state index is -3.61. The van der Waals surface area contributed by atoms with Gasteiger partial charge in [0.25, 0.3) is 0 Å². The van der Waals surface area contributed by atoms with Gasteiger partial charge in [-0.2, -0.15) is 8.42 Å². The van der Waals surface area contributed by atoms with Crippen molar-refractivity contribution in [3.8, 4) is 5.75 Å². The van der Waals surface area contributed by atoms with Crippen molar-refractivity contribution in [2.75, 3.05) is 0 Å². The Labute approximate surface area is 116 Å². The Morgan fingerprint density at radius 1 is 1.05 bits per heavy atom. The number of hydrogen-bond acceptors (Lipinski definition) is 3. The van der Waals surface area contributed by atoms with E-state index in [0.717, 1.165) is 24.7 Å². The molecule has 1 aromatic carbocycles. The summed E-state index contributed by atoms with van der Waals surface area (Å²) in [4.78, 5) is 0. The summed E-state index contributed by atoms with van der Waals surface area (Å²) in [6.07, 6.45) is 8.31. The van der Waals surface area contributed by atoms with Crippen molar-refractivity contribution in [2.45, 2.75) is 45.4 Å². The van der Waals surface area contributed by atoms with E-state index < -0.39 is 10.1 Å². The summed E-state index contributed by atoms with van der Waals surface area (Å²) in [5, 5.41) is 1.15. The quantitative estimate of drug-likeness (QED) is 0.502. The summed E-state index contributed by atoms with van der Waals surface area (Å²) >= 11 is 0. The van der Waals surface area contributed by atoms with Gasteiger partial charge in [0.05, 0.1) is 5.41 Å². The van der Waals surface area contributed by atoms with Gasteiger partial charge in [-0.25, -0.2) is 0 Å². The van der Waals surface area contributed by atoms with Crippen LogP contribution in [-0.4, -0.2) is 8.42 Å². The Kier molecular flexibility index (Phi) is 7.26. The van der Waals surface area contributed by atoms with E-state index in [2.05, 4.69) is 6.92 Å². The summed E-state index contributed by atoms with van der Waals surface area (Å²) in [7, 11) is -3.61. The zero-order valence-corrected chi connectivity index (χ0v) is 12.2. The highest BCUT2D eigenvalue weighted by molar-refractivity contribution is 7.90. The van der Waals surface area contributed by atoms with Gasteiger partial charge in [-0.1, -0.05) is 56.9 Å². The lowest BCUT2D eigenvalue weighted by Crippen LogP contribution is -2.04. The molecule has 0 spiro atoms. The van der Waals surface area contributed by atoms with Gasteiger partial charge in [0.2, 0.25) is 0 Å². The SMILES string of the molecule is CCCCCCCC=CS(=O)(=O)Oc1ccccc1. The monoisotopic (exact) mass is 282 g/mol. The molecular formula is C15H22O3S. The van der Waals surface area contributed by atoms with Crippen molar-refractivity contribution in [3.05, 3.63) is 41.8 Å². The Morgan fingerprint density at radius 3 is 2.42 bits per heavy atom. The molecule has 0 aliphatic rings. The largest absolute Gasteiger partial charge is 0.379 e. The van der Waals surface area contributed by atoms with Crippen molar-refractivity contribution in [2.24, 2.45) is 0 Å². The first-order chi connectivity index (χ1) is 9.14. The molecule has 19 heavy (non-hydrogen) atoms. The fourth-order valence-corrected chi connectivity index (χ4v) is 2.50. The Balaban J connectivity index is 2.30. The second-order valence-electron chi connectivity index (χ2n) is 4.46. The molecule has 1 aromatic rings. The van der Waals surface area contributed by atoms with Crippen molar-refractivity contribution < 1.29 is 12.6 Å². The van der Waals surface area contributed by atoms with Crippen LogP contribution in [0.3, 0.4) is 0 Å². The van der Waals surface area contributed by atoms with Crippen LogP contribution in [0.2, 0.25) is 0 Å². The minimum Gasteiger partial charge on any atom is -0.379 e. The first-order valence-corrected chi connectivity index (χ1v) is 8.27. The molecule has 0 saturated heterocycles. The maximum atomic E-state index is 11.6. The second kappa shape index (κ2) is 8.75. The van der Waals surface area contributed by atoms with Gasteiger partial charge in [0.1, 0.15) is 5.75 Å². The van der Waals surface area contributed by atoms with Crippen molar-refractivity contribution in [1.82, 2.24) is 0 Å². The molecule has 0 heterocycles. The molecule has 4 heteroatoms. The van der Waals surface area contributed by atoms with Gasteiger partial charge in [-0.3, -0.25) is 0 Å². The zero-order valence-electron chi connectivity index (χ0n) is 11.4. The number of unbranched alkanes of at least 4 members (excludes halogenated alkanes) is 5. The van der Waals surface area contributed by atoms with Crippen LogP contribution in [-0.2, 0) is 10.1 Å². The number of para-hydroxylation sites is 1. The van der Waals surface area contributed by atoms with Gasteiger partial charge in [0.15, 0.2) is 0 Å². The maximum absolute atomic E-state index is 11.6. The summed E-state index contributed by atoms with van der Waals surface area (Å²) in [5.41, 5.74) is 0. The van der Waals surface area contributed by atoms with Gasteiger partial charge < -0.3 is 4.18 Å². The molecule has 1 rings (SSSR count). The van der Waals surface area contributed by atoms with E-state index in [9.17, 15) is 8.42 Å². The van der Waals surface area contributed by atoms with Gasteiger partial charge in [0, 0.05) is 0 Å². The van der Waals surface area contributed by atoms with E-state index in [1.165, 1.54) is 19.3 Å². The molecule has 0 N–H and O–H groups in total. The fourth-order valence-electron chi connectivity index (χ4n) is 1.69. The maximum Gasteiger partial charge on any atom is 0.331 e. The normalized spacial score (nSPS) is 11.8. The molecule has 0 unspecified atom stereocenters. The van der Waals surface area contributed by atoms with Crippen LogP contribution in [0, 0.1) is 0 Å². The molecular weight excluding hydrogens is 260 g/mol. The van der Waals surface area contributed by atoms with Crippen molar-refractivity contribution >= 4 is 10.1 Å². The van der Waals surface area contributed by atoms with Gasteiger partial charge >= 0.3 is 10.1 Å². The predicted molar refractivity (Wildman–Crippen MR) is 78.5 cm³/mol. The highest BCUT2D eigenvalue weighted by Gasteiger charge is 2.06. The van der Waals surface area contributed by atoms with E-state index in [1.54, 1.807) is 30.3 Å². The van der Waals surface area contributed by atoms with Crippen molar-refractivity contribution in [1.29, 1.82) is 0 Å². The van der Waals surface area contributed by atoms with Crippen LogP contribution in [0.1, 0.15) is 45.4 Å². The van der Waals surface area contributed by atoms with Gasteiger partial charge in [-0.15, -0.1) is 0 Å². The third-order valence-corrected chi connectivity index (χ3v) is 3.64. The number of benzene rings is 1. The average Bonchev–Trinajstić information content (AvgIpc) is 2.38. The van der Waals surface area contributed by atoms with Crippen LogP contribution in [0.5, 0.6) is 5.75 Å². The van der Waals surface area contributed by atoms with E-state index in [0.29, 0.717) is 5.75 Å². The van der Waals surface area contributed by atoms with Crippen LogP contribution < -0.4 is 4.18 Å². The summed E-state index contributed by atoms with van der Waals surface area (Å²) in [5.74, 6) is 0.343. The molecule has 0 radical (unpaired) electrons. The van der Waals surface area contributed by atoms with E-state index in [4.69, 9.17) is 4.18 Å². The molecule has 106 valence electrons. The fraction of sp³-hybridized carbons (Fsp3) is 0.467. The lowest BCUT2D eigenvalue weighted by Gasteiger charge is -2.02. The van der Waals surface area contributed by atoms with Crippen molar-refractivity contribution in [3.63, 3.8) is 0 Å². The number of hydrogen-bond donors (Lipinski definition) is 0. The Hall–Kier alpha value is -1.29. The van der Waals surface area contributed by atoms with Crippen LogP contribution in [0.25, 0.3) is 0 Å². The van der Waals surface area contributed by atoms with E-state index in [-0.39, 0.29) is 0 Å². The highest BCUT2D eigenvalue weighted by atomic mass is 32.2. The molecule has 0 aliphatic heterocycles. The highest BCUT2D eigenvalue weighted by Crippen LogP contribution is 2.13. The Morgan fingerprint density at radius 2 is 1.74 bits per heavy atom. The van der Waals surface area contributed by atoms with E-state index >= 15 is 0 Å². The Bertz CT molecular complexity index is 463. The summed E-state index contributed by atoms with van der Waals surface area (Å²) < 4.78 is 28.2. The third kappa shape index (κ3) is 7.67. The smallest absolute Gasteiger partial charge is 0.331 e. The first-order valence-electron chi connectivity index (χ1n) is 6.80. The lowest BCUT2D eigenvalue weighted by atomic mass is 10.1. The molecule has 0 aliphatic carbocycles. The zero-order chi connectivity index (χ0) is 14.0. The molecule has 0 bridgehead atoms. The minimum absolute atomic E-state index is 0.343. The molecule has 0 atom stereocenters. The summed E-state index contributed by atoms with van der Waals surface area (Å²) in [6, 6.07) is 8.53. The van der Waals surface area contributed by atoms with Crippen LogP contribution in [0.4, 0.5) is 0 Å². The number of rotatable bonds is 9. The number of allylic oxidation sites excluding steroid dienone is 1. The average molecular weight is 282 g/mol. The topological polar surface area (TPSA) is 43.4 Å². The summed E-state index contributed by atoms with van der Waals surface area (Å²) in [6.45, 7) is 2.17. The molecule has 0 aromatic heterocycles. The molecule has 3 nitrogen and oxygen atoms in total. The second-order valence-corrected chi connectivity index (χ2v) is 5.89. The molecule has 0 amide bonds. The van der Waals surface area contributed by atoms with E-state index in [1.807, 2.05) is 6.07 Å². The third-order valence-electron chi connectivity index (χ3n) is 2.69. The first kappa shape index (κ1) is 15.8.